The van der Waals surface area contributed by atoms with Crippen LogP contribution in [0.2, 0.25) is 0 Å². The third kappa shape index (κ3) is 2.88. The van der Waals surface area contributed by atoms with Gasteiger partial charge in [-0.15, -0.1) is 0 Å². The number of imidazole rings is 1. The van der Waals surface area contributed by atoms with E-state index >= 15 is 0 Å². The molecular weight excluding hydrogens is 338 g/mol. The smallest absolute Gasteiger partial charge is 0.227 e. The first-order valence-electron chi connectivity index (χ1n) is 10.0. The van der Waals surface area contributed by atoms with Crippen LogP contribution in [0.1, 0.15) is 42.4 Å². The van der Waals surface area contributed by atoms with Crippen LogP contribution >= 0.6 is 0 Å². The molecule has 7 heteroatoms. The Hall–Kier alpha value is -2.15. The minimum absolute atomic E-state index is 0.0686. The molecule has 2 aliphatic heterocycles. The number of likely N-dealkylation sites (N-methyl/N-ethyl adjacent to an activating group) is 1. The maximum atomic E-state index is 4.87. The number of hydrogen-bond donors (Lipinski definition) is 1. The van der Waals surface area contributed by atoms with E-state index in [1.165, 1.54) is 17.0 Å². The summed E-state index contributed by atoms with van der Waals surface area (Å²) in [5, 5.41) is 0. The average molecular weight is 370 g/mol. The van der Waals surface area contributed by atoms with Gasteiger partial charge in [0.1, 0.15) is 5.82 Å². The fraction of sp³-hybridized carbons (Fsp3) is 0.650. The van der Waals surface area contributed by atoms with E-state index in [1.807, 2.05) is 25.3 Å². The van der Waals surface area contributed by atoms with Gasteiger partial charge < -0.3 is 14.8 Å². The average Bonchev–Trinajstić information content (AvgIpc) is 3.15. The third-order valence-electron chi connectivity index (χ3n) is 6.42. The highest BCUT2D eigenvalue weighted by atomic mass is 15.3. The number of nitrogens with zero attached hydrogens (tertiary/aromatic N) is 6. The largest absolute Gasteiger partial charge is 0.356 e. The first-order valence-corrected chi connectivity index (χ1v) is 10.0. The first kappa shape index (κ1) is 18.2. The van der Waals surface area contributed by atoms with Gasteiger partial charge in [0.05, 0.1) is 17.6 Å². The zero-order chi connectivity index (χ0) is 19.2. The Morgan fingerprint density at radius 2 is 1.89 bits per heavy atom. The zero-order valence-electron chi connectivity index (χ0n) is 17.2. The topological polar surface area (TPSA) is 64.2 Å². The van der Waals surface area contributed by atoms with Crippen LogP contribution < -0.4 is 9.80 Å². The number of aromatic amines is 1. The molecule has 1 spiro atoms. The number of fused-ring (bicyclic) bond motifs is 2. The molecule has 0 radical (unpaired) electrons. The summed E-state index contributed by atoms with van der Waals surface area (Å²) in [5.41, 5.74) is 4.93. The second kappa shape index (κ2) is 6.78. The lowest BCUT2D eigenvalue weighted by atomic mass is 9.78. The molecule has 2 aliphatic rings. The van der Waals surface area contributed by atoms with E-state index in [0.717, 1.165) is 62.9 Å². The molecule has 0 aliphatic carbocycles. The SMILES string of the molecule is CCN1CCc2[nH]cnc2C12CCN(c1nc(N(C)C)nc(C)c1C)CC2. The van der Waals surface area contributed by atoms with Gasteiger partial charge in [0.25, 0.3) is 0 Å². The third-order valence-corrected chi connectivity index (χ3v) is 6.42. The summed E-state index contributed by atoms with van der Waals surface area (Å²) in [6.07, 6.45) is 5.11. The Bertz CT molecular complexity index is 818. The Balaban J connectivity index is 1.63. The quantitative estimate of drug-likeness (QED) is 0.895. The molecule has 146 valence electrons. The van der Waals surface area contributed by atoms with Crippen molar-refractivity contribution in [2.45, 2.75) is 45.6 Å². The molecule has 7 nitrogen and oxygen atoms in total. The van der Waals surface area contributed by atoms with E-state index in [9.17, 15) is 0 Å². The molecule has 1 N–H and O–H groups in total. The van der Waals surface area contributed by atoms with Gasteiger partial charge in [0.15, 0.2) is 0 Å². The van der Waals surface area contributed by atoms with Crippen molar-refractivity contribution in [3.8, 4) is 0 Å². The maximum absolute atomic E-state index is 4.87. The molecule has 0 saturated carbocycles. The van der Waals surface area contributed by atoms with Gasteiger partial charge in [0, 0.05) is 57.1 Å². The molecule has 0 amide bonds. The number of hydrogen-bond acceptors (Lipinski definition) is 6. The molecule has 1 saturated heterocycles. The Morgan fingerprint density at radius 3 is 2.56 bits per heavy atom. The Morgan fingerprint density at radius 1 is 1.15 bits per heavy atom. The van der Waals surface area contributed by atoms with Gasteiger partial charge in [-0.2, -0.15) is 4.98 Å². The number of anilines is 2. The predicted molar refractivity (Wildman–Crippen MR) is 108 cm³/mol. The standard InChI is InChI=1S/C20H31N7/c1-6-27-10-7-16-17(22-13-21-16)20(27)8-11-26(12-9-20)18-14(2)15(3)23-19(24-18)25(4)5/h13H,6-12H2,1-5H3,(H,21,22). The molecular formula is C20H31N7. The first-order chi connectivity index (χ1) is 13.0. The van der Waals surface area contributed by atoms with E-state index in [4.69, 9.17) is 9.97 Å². The van der Waals surface area contributed by atoms with Crippen molar-refractivity contribution in [2.75, 3.05) is 50.1 Å². The van der Waals surface area contributed by atoms with Crippen LogP contribution in [-0.4, -0.2) is 65.1 Å². The fourth-order valence-electron chi connectivity index (χ4n) is 4.73. The van der Waals surface area contributed by atoms with E-state index < -0.39 is 0 Å². The van der Waals surface area contributed by atoms with Crippen LogP contribution in [0.3, 0.4) is 0 Å². The lowest BCUT2D eigenvalue weighted by Crippen LogP contribution is -2.56. The van der Waals surface area contributed by atoms with E-state index in [-0.39, 0.29) is 5.54 Å². The molecule has 0 aromatic carbocycles. The van der Waals surface area contributed by atoms with Crippen LogP contribution in [0.15, 0.2) is 6.33 Å². The van der Waals surface area contributed by atoms with Crippen molar-refractivity contribution < 1.29 is 0 Å². The van der Waals surface area contributed by atoms with Crippen LogP contribution in [0.5, 0.6) is 0 Å². The summed E-state index contributed by atoms with van der Waals surface area (Å²) in [6.45, 7) is 10.7. The summed E-state index contributed by atoms with van der Waals surface area (Å²) < 4.78 is 0. The molecule has 0 atom stereocenters. The number of nitrogens with one attached hydrogen (secondary N) is 1. The Kier molecular flexibility index (Phi) is 4.58. The van der Waals surface area contributed by atoms with Crippen LogP contribution in [0.4, 0.5) is 11.8 Å². The Labute approximate surface area is 161 Å². The summed E-state index contributed by atoms with van der Waals surface area (Å²) in [5.74, 6) is 1.87. The van der Waals surface area contributed by atoms with Gasteiger partial charge in [0.2, 0.25) is 5.95 Å². The molecule has 2 aromatic rings. The summed E-state index contributed by atoms with van der Waals surface area (Å²) in [7, 11) is 4.00. The van der Waals surface area contributed by atoms with Crippen molar-refractivity contribution in [1.29, 1.82) is 0 Å². The van der Waals surface area contributed by atoms with Crippen LogP contribution in [0, 0.1) is 13.8 Å². The van der Waals surface area contributed by atoms with Crippen molar-refractivity contribution in [3.63, 3.8) is 0 Å². The monoisotopic (exact) mass is 369 g/mol. The van der Waals surface area contributed by atoms with Gasteiger partial charge >= 0.3 is 0 Å². The van der Waals surface area contributed by atoms with Crippen molar-refractivity contribution >= 4 is 11.8 Å². The molecule has 1 fully saturated rings. The van der Waals surface area contributed by atoms with Gasteiger partial charge in [-0.1, -0.05) is 6.92 Å². The molecule has 2 aromatic heterocycles. The normalized spacial score (nSPS) is 19.4. The highest BCUT2D eigenvalue weighted by molar-refractivity contribution is 5.53. The van der Waals surface area contributed by atoms with Crippen molar-refractivity contribution in [3.05, 3.63) is 29.0 Å². The van der Waals surface area contributed by atoms with Crippen LogP contribution in [-0.2, 0) is 12.0 Å². The van der Waals surface area contributed by atoms with E-state index in [1.54, 1.807) is 0 Å². The molecule has 4 heterocycles. The molecule has 4 rings (SSSR count). The van der Waals surface area contributed by atoms with Gasteiger partial charge in [-0.3, -0.25) is 4.90 Å². The number of aromatic nitrogens is 4. The molecule has 0 unspecified atom stereocenters. The fourth-order valence-corrected chi connectivity index (χ4v) is 4.73. The van der Waals surface area contributed by atoms with Crippen molar-refractivity contribution in [1.82, 2.24) is 24.8 Å². The van der Waals surface area contributed by atoms with Crippen molar-refractivity contribution in [2.24, 2.45) is 0 Å². The van der Waals surface area contributed by atoms with E-state index in [0.29, 0.717) is 0 Å². The van der Waals surface area contributed by atoms with E-state index in [2.05, 4.69) is 40.5 Å². The minimum atomic E-state index is 0.0686. The second-order valence-corrected chi connectivity index (χ2v) is 8.03. The summed E-state index contributed by atoms with van der Waals surface area (Å²) >= 11 is 0. The predicted octanol–water partition coefficient (Wildman–Crippen LogP) is 2.26. The lowest BCUT2D eigenvalue weighted by molar-refractivity contribution is 0.0496. The number of aryl methyl sites for hydroxylation is 1. The zero-order valence-corrected chi connectivity index (χ0v) is 17.2. The summed E-state index contributed by atoms with van der Waals surface area (Å²) in [6, 6.07) is 0. The highest BCUT2D eigenvalue weighted by Gasteiger charge is 2.46. The number of rotatable bonds is 3. The lowest BCUT2D eigenvalue weighted by Gasteiger charge is -2.50. The highest BCUT2D eigenvalue weighted by Crippen LogP contribution is 2.43. The number of H-pyrrole nitrogens is 1. The van der Waals surface area contributed by atoms with Gasteiger partial charge in [-0.25, -0.2) is 9.97 Å². The summed E-state index contributed by atoms with van der Waals surface area (Å²) in [4.78, 5) is 24.7. The second-order valence-electron chi connectivity index (χ2n) is 8.03. The maximum Gasteiger partial charge on any atom is 0.227 e. The number of piperidine rings is 1. The minimum Gasteiger partial charge on any atom is -0.356 e. The molecule has 27 heavy (non-hydrogen) atoms. The van der Waals surface area contributed by atoms with Gasteiger partial charge in [-0.05, 0) is 33.2 Å². The van der Waals surface area contributed by atoms with Crippen LogP contribution in [0.25, 0.3) is 0 Å². The molecule has 0 bridgehead atoms.